The van der Waals surface area contributed by atoms with Crippen molar-refractivity contribution in [3.8, 4) is 5.75 Å². The number of fused-ring (bicyclic) bond motifs is 1. The van der Waals surface area contributed by atoms with E-state index in [9.17, 15) is 4.79 Å². The second-order valence-corrected chi connectivity index (χ2v) is 4.47. The number of esters is 1. The second-order valence-electron chi connectivity index (χ2n) is 4.08. The summed E-state index contributed by atoms with van der Waals surface area (Å²) in [6.45, 7) is 4.24. The molecule has 0 aliphatic rings. The lowest BCUT2D eigenvalue weighted by Crippen LogP contribution is -2.17. The molecule has 2 aromatic rings. The Hall–Kier alpha value is -1.82. The minimum Gasteiger partial charge on any atom is -0.492 e. The molecule has 1 aromatic carbocycles. The zero-order valence-electron chi connectivity index (χ0n) is 11.1. The second kappa shape index (κ2) is 5.44. The zero-order chi connectivity index (χ0) is 14.0. The number of aromatic amines is 1. The van der Waals surface area contributed by atoms with Crippen molar-refractivity contribution in [3.63, 3.8) is 0 Å². The van der Waals surface area contributed by atoms with Crippen LogP contribution >= 0.6 is 12.2 Å². The quantitative estimate of drug-likeness (QED) is 0.691. The van der Waals surface area contributed by atoms with E-state index in [4.69, 9.17) is 21.7 Å². The first-order chi connectivity index (χ1) is 9.10. The van der Waals surface area contributed by atoms with Crippen molar-refractivity contribution in [2.24, 2.45) is 0 Å². The van der Waals surface area contributed by atoms with Gasteiger partial charge in [0.1, 0.15) is 17.3 Å². The van der Waals surface area contributed by atoms with Crippen molar-refractivity contribution in [2.45, 2.75) is 19.9 Å². The van der Waals surface area contributed by atoms with Crippen molar-refractivity contribution >= 4 is 29.2 Å². The number of nitrogens with zero attached hydrogens (tertiary/aromatic N) is 1. The Morgan fingerprint density at radius 1 is 1.53 bits per heavy atom. The third-order valence-electron chi connectivity index (χ3n) is 2.94. The lowest BCUT2D eigenvalue weighted by Gasteiger charge is -2.12. The number of carbonyl (C=O) groups is 1. The van der Waals surface area contributed by atoms with Gasteiger partial charge in [0.2, 0.25) is 0 Å². The summed E-state index contributed by atoms with van der Waals surface area (Å²) in [7, 11) is 1.36. The van der Waals surface area contributed by atoms with Gasteiger partial charge in [0.05, 0.1) is 19.2 Å². The molecule has 0 saturated carbocycles. The normalized spacial score (nSPS) is 12.4. The number of nitrogens with one attached hydrogen (secondary N) is 1. The molecule has 0 bridgehead atoms. The number of H-pyrrole nitrogens is 1. The third kappa shape index (κ3) is 2.35. The predicted octanol–water partition coefficient (Wildman–Crippen LogP) is 2.83. The van der Waals surface area contributed by atoms with Crippen molar-refractivity contribution in [1.82, 2.24) is 9.55 Å². The topological polar surface area (TPSA) is 56.2 Å². The number of hydrogen-bond donors (Lipinski definition) is 1. The van der Waals surface area contributed by atoms with E-state index >= 15 is 0 Å². The van der Waals surface area contributed by atoms with Crippen LogP contribution in [0.25, 0.3) is 11.0 Å². The molecule has 0 saturated heterocycles. The number of aromatic nitrogens is 2. The molecule has 0 aliphatic heterocycles. The summed E-state index contributed by atoms with van der Waals surface area (Å²) in [5.41, 5.74) is 1.62. The Labute approximate surface area is 116 Å². The van der Waals surface area contributed by atoms with Crippen LogP contribution in [0.2, 0.25) is 0 Å². The Morgan fingerprint density at radius 2 is 2.26 bits per heavy atom. The summed E-state index contributed by atoms with van der Waals surface area (Å²) in [5, 5.41) is 0. The first-order valence-electron chi connectivity index (χ1n) is 6.04. The maximum absolute atomic E-state index is 11.7. The molecule has 102 valence electrons. The first kappa shape index (κ1) is 13.6. The van der Waals surface area contributed by atoms with Crippen LogP contribution in [0, 0.1) is 4.77 Å². The van der Waals surface area contributed by atoms with E-state index in [1.807, 2.05) is 25.1 Å². The van der Waals surface area contributed by atoms with Gasteiger partial charge >= 0.3 is 5.97 Å². The van der Waals surface area contributed by atoms with E-state index in [1.54, 1.807) is 11.5 Å². The fourth-order valence-corrected chi connectivity index (χ4v) is 2.42. The van der Waals surface area contributed by atoms with Gasteiger partial charge in [0, 0.05) is 0 Å². The van der Waals surface area contributed by atoms with E-state index in [2.05, 4.69) is 4.98 Å². The first-order valence-corrected chi connectivity index (χ1v) is 6.44. The number of imidazole rings is 1. The molecule has 1 N–H and O–H groups in total. The van der Waals surface area contributed by atoms with Crippen molar-refractivity contribution in [1.29, 1.82) is 0 Å². The Morgan fingerprint density at radius 3 is 2.89 bits per heavy atom. The standard InChI is InChI=1S/C13H16N2O3S/c1-4-18-10-7-5-6-9-11(10)14-13(19)15(9)8(2)12(16)17-3/h5-8H,4H2,1-3H3,(H,14,19). The number of para-hydroxylation sites is 1. The van der Waals surface area contributed by atoms with Crippen LogP contribution in [0.15, 0.2) is 18.2 Å². The fourth-order valence-electron chi connectivity index (χ4n) is 2.06. The molecule has 0 amide bonds. The molecule has 1 aromatic heterocycles. The molecular weight excluding hydrogens is 264 g/mol. The maximum Gasteiger partial charge on any atom is 0.328 e. The minimum absolute atomic E-state index is 0.334. The van der Waals surface area contributed by atoms with Gasteiger partial charge in [-0.15, -0.1) is 0 Å². The third-order valence-corrected chi connectivity index (χ3v) is 3.24. The van der Waals surface area contributed by atoms with Crippen molar-refractivity contribution < 1.29 is 14.3 Å². The highest BCUT2D eigenvalue weighted by Gasteiger charge is 2.20. The maximum atomic E-state index is 11.7. The number of benzene rings is 1. The Bertz CT molecular complexity index is 659. The number of rotatable bonds is 4. The van der Waals surface area contributed by atoms with Gasteiger partial charge in [-0.2, -0.15) is 0 Å². The molecule has 1 unspecified atom stereocenters. The smallest absolute Gasteiger partial charge is 0.328 e. The van der Waals surface area contributed by atoms with Crippen LogP contribution in [0.1, 0.15) is 19.9 Å². The average Bonchev–Trinajstić information content (AvgIpc) is 2.74. The highest BCUT2D eigenvalue weighted by molar-refractivity contribution is 7.71. The summed E-state index contributed by atoms with van der Waals surface area (Å²) >= 11 is 5.28. The van der Waals surface area contributed by atoms with Gasteiger partial charge in [0.15, 0.2) is 4.77 Å². The largest absolute Gasteiger partial charge is 0.492 e. The Kier molecular flexibility index (Phi) is 3.90. The lowest BCUT2D eigenvalue weighted by atomic mass is 10.2. The van der Waals surface area contributed by atoms with Gasteiger partial charge in [-0.05, 0) is 38.2 Å². The van der Waals surface area contributed by atoms with Crippen LogP contribution in [0.3, 0.4) is 0 Å². The molecule has 2 rings (SSSR count). The summed E-state index contributed by atoms with van der Waals surface area (Å²) in [5.74, 6) is 0.390. The van der Waals surface area contributed by atoms with Gasteiger partial charge in [-0.1, -0.05) is 6.07 Å². The minimum atomic E-state index is -0.483. The summed E-state index contributed by atoms with van der Waals surface area (Å²) < 4.78 is 12.5. The fraction of sp³-hybridized carbons (Fsp3) is 0.385. The molecule has 19 heavy (non-hydrogen) atoms. The highest BCUT2D eigenvalue weighted by atomic mass is 32.1. The van der Waals surface area contributed by atoms with Gasteiger partial charge in [-0.25, -0.2) is 4.79 Å². The number of ether oxygens (including phenoxy) is 2. The number of methoxy groups -OCH3 is 1. The predicted molar refractivity (Wildman–Crippen MR) is 75.0 cm³/mol. The van der Waals surface area contributed by atoms with Crippen molar-refractivity contribution in [2.75, 3.05) is 13.7 Å². The Balaban J connectivity index is 2.63. The van der Waals surface area contributed by atoms with Crippen LogP contribution in [0.5, 0.6) is 5.75 Å². The van der Waals surface area contributed by atoms with Crippen LogP contribution in [-0.4, -0.2) is 29.2 Å². The van der Waals surface area contributed by atoms with Crippen LogP contribution in [-0.2, 0) is 9.53 Å². The molecule has 6 heteroatoms. The monoisotopic (exact) mass is 280 g/mol. The van der Waals surface area contributed by atoms with Crippen LogP contribution < -0.4 is 4.74 Å². The van der Waals surface area contributed by atoms with E-state index in [0.717, 1.165) is 16.8 Å². The van der Waals surface area contributed by atoms with Gasteiger partial charge in [-0.3, -0.25) is 0 Å². The average molecular weight is 280 g/mol. The van der Waals surface area contributed by atoms with E-state index < -0.39 is 6.04 Å². The van der Waals surface area contributed by atoms with E-state index in [1.165, 1.54) is 7.11 Å². The molecule has 1 heterocycles. The summed E-state index contributed by atoms with van der Waals surface area (Å²) in [4.78, 5) is 14.8. The molecular formula is C13H16N2O3S. The van der Waals surface area contributed by atoms with Gasteiger partial charge in [0.25, 0.3) is 0 Å². The molecule has 0 spiro atoms. The van der Waals surface area contributed by atoms with E-state index in [-0.39, 0.29) is 5.97 Å². The molecule has 0 radical (unpaired) electrons. The highest BCUT2D eigenvalue weighted by Crippen LogP contribution is 2.27. The molecule has 1 atom stereocenters. The molecule has 5 nitrogen and oxygen atoms in total. The number of hydrogen-bond acceptors (Lipinski definition) is 4. The molecule has 0 fully saturated rings. The number of carbonyl (C=O) groups excluding carboxylic acids is 1. The summed E-state index contributed by atoms with van der Waals surface area (Å²) in [6.07, 6.45) is 0. The lowest BCUT2D eigenvalue weighted by molar-refractivity contribution is -0.143. The zero-order valence-corrected chi connectivity index (χ0v) is 11.9. The van der Waals surface area contributed by atoms with Crippen molar-refractivity contribution in [3.05, 3.63) is 23.0 Å². The van der Waals surface area contributed by atoms with Gasteiger partial charge < -0.3 is 19.0 Å². The SMILES string of the molecule is CCOc1cccc2c1[nH]c(=S)n2C(C)C(=O)OC. The van der Waals surface area contributed by atoms with Crippen LogP contribution in [0.4, 0.5) is 0 Å². The summed E-state index contributed by atoms with van der Waals surface area (Å²) in [6, 6.07) is 5.15. The molecule has 0 aliphatic carbocycles. The van der Waals surface area contributed by atoms with E-state index in [0.29, 0.717) is 11.4 Å².